The van der Waals surface area contributed by atoms with Gasteiger partial charge < -0.3 is 20.5 Å². The Kier molecular flexibility index (Phi) is 6.19. The molecule has 3 rings (SSSR count). The van der Waals surface area contributed by atoms with Crippen LogP contribution < -0.4 is 10.6 Å². The van der Waals surface area contributed by atoms with Crippen molar-refractivity contribution in [3.05, 3.63) is 29.8 Å². The molecule has 2 aliphatic rings. The van der Waals surface area contributed by atoms with Crippen LogP contribution in [-0.4, -0.2) is 35.9 Å². The number of carbonyl (C=O) groups excluding carboxylic acids is 1. The van der Waals surface area contributed by atoms with Gasteiger partial charge in [0, 0.05) is 19.2 Å². The van der Waals surface area contributed by atoms with Crippen LogP contribution in [0.1, 0.15) is 56.9 Å². The largest absolute Gasteiger partial charge is 0.508 e. The fourth-order valence-electron chi connectivity index (χ4n) is 4.09. The van der Waals surface area contributed by atoms with Gasteiger partial charge in [0.1, 0.15) is 5.75 Å². The summed E-state index contributed by atoms with van der Waals surface area (Å²) in [7, 11) is 0. The predicted octanol–water partition coefficient (Wildman–Crippen LogP) is 3.51. The molecule has 5 nitrogen and oxygen atoms in total. The van der Waals surface area contributed by atoms with E-state index in [9.17, 15) is 9.90 Å². The fraction of sp³-hybridized carbons (Fsp3) is 0.650. The minimum absolute atomic E-state index is 0.0211. The first kappa shape index (κ1) is 18.1. The molecule has 1 atom stereocenters. The maximum Gasteiger partial charge on any atom is 0.315 e. The summed E-state index contributed by atoms with van der Waals surface area (Å²) in [5, 5.41) is 15.4. The smallest absolute Gasteiger partial charge is 0.315 e. The number of phenolic OH excluding ortho intramolecular Hbond substituents is 1. The molecule has 25 heavy (non-hydrogen) atoms. The molecule has 1 aliphatic heterocycles. The molecular formula is C20H30N2O3. The highest BCUT2D eigenvalue weighted by atomic mass is 16.5. The minimum Gasteiger partial charge on any atom is -0.508 e. The van der Waals surface area contributed by atoms with Gasteiger partial charge in [-0.3, -0.25) is 0 Å². The summed E-state index contributed by atoms with van der Waals surface area (Å²) in [5.74, 6) is 0.286. The van der Waals surface area contributed by atoms with E-state index < -0.39 is 0 Å². The van der Waals surface area contributed by atoms with Crippen molar-refractivity contribution >= 4 is 6.03 Å². The number of hydrogen-bond donors (Lipinski definition) is 3. The summed E-state index contributed by atoms with van der Waals surface area (Å²) in [5.41, 5.74) is 1.19. The average Bonchev–Trinajstić information content (AvgIpc) is 2.61. The molecule has 2 fully saturated rings. The normalized spacial score (nSPS) is 22.5. The van der Waals surface area contributed by atoms with E-state index in [2.05, 4.69) is 10.6 Å². The monoisotopic (exact) mass is 346 g/mol. The lowest BCUT2D eigenvalue weighted by Crippen LogP contribution is -2.51. The van der Waals surface area contributed by atoms with Gasteiger partial charge in [-0.1, -0.05) is 31.4 Å². The fourth-order valence-corrected chi connectivity index (χ4v) is 4.09. The summed E-state index contributed by atoms with van der Waals surface area (Å²) in [4.78, 5) is 12.1. The first-order chi connectivity index (χ1) is 12.2. The molecule has 1 aliphatic carbocycles. The number of rotatable bonds is 5. The third-order valence-corrected chi connectivity index (χ3v) is 5.46. The Labute approximate surface area is 150 Å². The first-order valence-corrected chi connectivity index (χ1v) is 9.61. The molecule has 1 spiro atoms. The standard InChI is InChI=1S/C20H30N2O3/c23-18-8-6-16(7-9-18)5-4-13-21-19(24)22-17-10-14-25-20(15-17)11-2-1-3-12-20/h6-9,17,23H,1-5,10-15H2,(H2,21,22,24)/t17-/m0/s1. The van der Waals surface area contributed by atoms with Crippen molar-refractivity contribution in [1.29, 1.82) is 0 Å². The predicted molar refractivity (Wildman–Crippen MR) is 97.8 cm³/mol. The van der Waals surface area contributed by atoms with Crippen molar-refractivity contribution in [2.45, 2.75) is 69.4 Å². The van der Waals surface area contributed by atoms with Gasteiger partial charge >= 0.3 is 6.03 Å². The number of aryl methyl sites for hydroxylation is 1. The van der Waals surface area contributed by atoms with E-state index in [-0.39, 0.29) is 23.4 Å². The van der Waals surface area contributed by atoms with Crippen LogP contribution in [0.25, 0.3) is 0 Å². The SMILES string of the molecule is O=C(NCCCc1ccc(O)cc1)N[C@H]1CCOC2(CCCCC2)C1. The average molecular weight is 346 g/mol. The number of hydrogen-bond acceptors (Lipinski definition) is 3. The third-order valence-electron chi connectivity index (χ3n) is 5.46. The van der Waals surface area contributed by atoms with Gasteiger partial charge in [0.05, 0.1) is 5.60 Å². The molecule has 1 saturated heterocycles. The van der Waals surface area contributed by atoms with Gasteiger partial charge in [0.15, 0.2) is 0 Å². The molecule has 0 unspecified atom stereocenters. The van der Waals surface area contributed by atoms with Crippen LogP contribution in [0.15, 0.2) is 24.3 Å². The van der Waals surface area contributed by atoms with Crippen molar-refractivity contribution in [2.24, 2.45) is 0 Å². The molecule has 5 heteroatoms. The van der Waals surface area contributed by atoms with E-state index in [4.69, 9.17) is 4.74 Å². The van der Waals surface area contributed by atoms with Gasteiger partial charge in [-0.25, -0.2) is 4.79 Å². The van der Waals surface area contributed by atoms with E-state index in [0.717, 1.165) is 45.1 Å². The summed E-state index contributed by atoms with van der Waals surface area (Å²) >= 11 is 0. The van der Waals surface area contributed by atoms with Crippen molar-refractivity contribution in [1.82, 2.24) is 10.6 Å². The highest BCUT2D eigenvalue weighted by molar-refractivity contribution is 5.74. The van der Waals surface area contributed by atoms with E-state index in [1.165, 1.54) is 24.8 Å². The molecule has 0 bridgehead atoms. The van der Waals surface area contributed by atoms with Crippen LogP contribution in [0.3, 0.4) is 0 Å². The van der Waals surface area contributed by atoms with Crippen LogP contribution in [0, 0.1) is 0 Å². The Hall–Kier alpha value is -1.75. The Balaban J connectivity index is 1.35. The van der Waals surface area contributed by atoms with Crippen LogP contribution in [0.4, 0.5) is 4.79 Å². The van der Waals surface area contributed by atoms with E-state index in [1.807, 2.05) is 12.1 Å². The van der Waals surface area contributed by atoms with Crippen molar-refractivity contribution in [3.63, 3.8) is 0 Å². The first-order valence-electron chi connectivity index (χ1n) is 9.61. The third kappa shape index (κ3) is 5.36. The number of benzene rings is 1. The topological polar surface area (TPSA) is 70.6 Å². The Morgan fingerprint density at radius 1 is 1.20 bits per heavy atom. The summed E-state index contributed by atoms with van der Waals surface area (Å²) in [6.45, 7) is 1.41. The highest BCUT2D eigenvalue weighted by Gasteiger charge is 2.38. The minimum atomic E-state index is -0.0661. The lowest BCUT2D eigenvalue weighted by atomic mass is 9.78. The number of carbonyl (C=O) groups is 1. The van der Waals surface area contributed by atoms with Crippen molar-refractivity contribution < 1.29 is 14.6 Å². The summed E-state index contributed by atoms with van der Waals surface area (Å²) in [6, 6.07) is 7.39. The molecule has 2 amide bonds. The molecule has 1 heterocycles. The van der Waals surface area contributed by atoms with Crippen LogP contribution in [0.2, 0.25) is 0 Å². The zero-order valence-corrected chi connectivity index (χ0v) is 14.9. The Bertz CT molecular complexity index is 547. The number of phenols is 1. The molecule has 1 aromatic rings. The van der Waals surface area contributed by atoms with E-state index in [1.54, 1.807) is 12.1 Å². The number of nitrogens with one attached hydrogen (secondary N) is 2. The summed E-state index contributed by atoms with van der Waals surface area (Å²) in [6.07, 6.45) is 9.71. The molecule has 0 radical (unpaired) electrons. The summed E-state index contributed by atoms with van der Waals surface area (Å²) < 4.78 is 6.08. The van der Waals surface area contributed by atoms with E-state index >= 15 is 0 Å². The molecule has 1 saturated carbocycles. The number of urea groups is 1. The Morgan fingerprint density at radius 2 is 1.96 bits per heavy atom. The highest BCUT2D eigenvalue weighted by Crippen LogP contribution is 2.38. The molecule has 1 aromatic carbocycles. The second kappa shape index (κ2) is 8.56. The van der Waals surface area contributed by atoms with Gasteiger partial charge in [-0.15, -0.1) is 0 Å². The zero-order chi connectivity index (χ0) is 17.5. The molecule has 0 aromatic heterocycles. The van der Waals surface area contributed by atoms with Crippen molar-refractivity contribution in [2.75, 3.05) is 13.2 Å². The zero-order valence-electron chi connectivity index (χ0n) is 14.9. The molecule has 3 N–H and O–H groups in total. The van der Waals surface area contributed by atoms with Gasteiger partial charge in [-0.2, -0.15) is 0 Å². The number of amides is 2. The lowest BCUT2D eigenvalue weighted by Gasteiger charge is -2.43. The molecule has 138 valence electrons. The molecular weight excluding hydrogens is 316 g/mol. The van der Waals surface area contributed by atoms with Gasteiger partial charge in [0.25, 0.3) is 0 Å². The van der Waals surface area contributed by atoms with Gasteiger partial charge in [-0.05, 0) is 56.2 Å². The second-order valence-corrected chi connectivity index (χ2v) is 7.45. The second-order valence-electron chi connectivity index (χ2n) is 7.45. The Morgan fingerprint density at radius 3 is 2.72 bits per heavy atom. The maximum absolute atomic E-state index is 12.1. The van der Waals surface area contributed by atoms with Crippen LogP contribution >= 0.6 is 0 Å². The van der Waals surface area contributed by atoms with E-state index in [0.29, 0.717) is 6.54 Å². The van der Waals surface area contributed by atoms with Gasteiger partial charge in [0.2, 0.25) is 0 Å². The number of ether oxygens (including phenoxy) is 1. The maximum atomic E-state index is 12.1. The number of aromatic hydroxyl groups is 1. The quantitative estimate of drug-likeness (QED) is 0.715. The van der Waals surface area contributed by atoms with Crippen LogP contribution in [0.5, 0.6) is 5.75 Å². The lowest BCUT2D eigenvalue weighted by molar-refractivity contribution is -0.107. The van der Waals surface area contributed by atoms with Crippen molar-refractivity contribution in [3.8, 4) is 5.75 Å². The van der Waals surface area contributed by atoms with Crippen LogP contribution in [-0.2, 0) is 11.2 Å².